The fourth-order valence-electron chi connectivity index (χ4n) is 8.89. The lowest BCUT2D eigenvalue weighted by atomic mass is 9.85. The summed E-state index contributed by atoms with van der Waals surface area (Å²) < 4.78 is 34.5. The highest BCUT2D eigenvalue weighted by molar-refractivity contribution is 6.05. The zero-order valence-electron chi connectivity index (χ0n) is 30.4. The van der Waals surface area contributed by atoms with Crippen molar-refractivity contribution in [3.8, 4) is 0 Å². The minimum atomic E-state index is -2.83. The fraction of sp³-hybridized carbons (Fsp3) is 0.500. The number of allylic oxidation sites excluding steroid dienone is 2. The van der Waals surface area contributed by atoms with E-state index in [1.165, 1.54) is 10.8 Å². The molecule has 2 atom stereocenters. The third-order valence-electron chi connectivity index (χ3n) is 11.8. The predicted molar refractivity (Wildman–Crippen MR) is 196 cm³/mol. The standard InChI is InChI=1S/C38H44F2N10O4/c1-45(24-15-18-47(19-16-24)29-7-5-8-30-34(29)46(2)38(54)50(30)31-13-14-32(51)43-37(31)53)21-23-9-11-25(12-10-23)49-22-27(33(44-49)35(39)40)42-36(52)26-20-41-48-17-4-3-6-28(26)48/h3-8,17,20,22-25,28,31,35H,9-16,18-19,21H2,1-2H3,(H-,41,42,43,51,52,53)/p+1. The molecule has 1 aliphatic carbocycles. The van der Waals surface area contributed by atoms with Gasteiger partial charge in [-0.1, -0.05) is 16.8 Å². The monoisotopic (exact) mass is 743 g/mol. The van der Waals surface area contributed by atoms with Gasteiger partial charge < -0.3 is 15.1 Å². The number of aromatic nitrogens is 4. The summed E-state index contributed by atoms with van der Waals surface area (Å²) in [4.78, 5) is 55.8. The van der Waals surface area contributed by atoms with Crippen molar-refractivity contribution in [2.24, 2.45) is 18.1 Å². The largest absolute Gasteiger partial charge is 0.370 e. The molecule has 2 saturated heterocycles. The molecule has 8 rings (SSSR count). The van der Waals surface area contributed by atoms with E-state index in [9.17, 15) is 28.0 Å². The molecule has 1 aromatic carbocycles. The molecule has 3 fully saturated rings. The number of amides is 3. The van der Waals surface area contributed by atoms with Crippen molar-refractivity contribution in [1.82, 2.24) is 29.1 Å². The minimum Gasteiger partial charge on any atom is -0.370 e. The molecular formula is C38H45F2N10O4+. The van der Waals surface area contributed by atoms with Crippen LogP contribution in [0, 0.1) is 5.92 Å². The molecular weight excluding hydrogens is 698 g/mol. The lowest BCUT2D eigenvalue weighted by Crippen LogP contribution is -2.45. The van der Waals surface area contributed by atoms with E-state index in [1.807, 2.05) is 36.4 Å². The van der Waals surface area contributed by atoms with Crippen molar-refractivity contribution in [3.63, 3.8) is 0 Å². The summed E-state index contributed by atoms with van der Waals surface area (Å²) in [6.07, 6.45) is 13.3. The Morgan fingerprint density at radius 1 is 1.07 bits per heavy atom. The topological polar surface area (TPSA) is 142 Å². The first kappa shape index (κ1) is 35.8. The van der Waals surface area contributed by atoms with Crippen LogP contribution in [0.2, 0.25) is 0 Å². The Kier molecular flexibility index (Phi) is 9.62. The van der Waals surface area contributed by atoms with Crippen molar-refractivity contribution in [2.45, 2.75) is 82.0 Å². The number of nitrogens with zero attached hydrogens (tertiary/aromatic N) is 8. The molecule has 0 bridgehead atoms. The van der Waals surface area contributed by atoms with Crippen LogP contribution in [-0.2, 0) is 21.4 Å². The minimum absolute atomic E-state index is 0.0240. The molecule has 5 aliphatic rings. The van der Waals surface area contributed by atoms with E-state index in [0.717, 1.165) is 69.4 Å². The van der Waals surface area contributed by atoms with Gasteiger partial charge in [0.05, 0.1) is 28.5 Å². The number of nitrogens with one attached hydrogen (secondary N) is 2. The lowest BCUT2D eigenvalue weighted by Gasteiger charge is -2.40. The Balaban J connectivity index is 0.857. The van der Waals surface area contributed by atoms with Crippen molar-refractivity contribution in [2.75, 3.05) is 36.9 Å². The molecule has 2 unspecified atom stereocenters. The maximum absolute atomic E-state index is 14.1. The number of fused-ring (bicyclic) bond motifs is 2. The van der Waals surface area contributed by atoms with E-state index in [4.69, 9.17) is 0 Å². The van der Waals surface area contributed by atoms with Crippen molar-refractivity contribution < 1.29 is 27.9 Å². The van der Waals surface area contributed by atoms with E-state index < -0.39 is 30.0 Å². The summed E-state index contributed by atoms with van der Waals surface area (Å²) >= 11 is 0. The Morgan fingerprint density at radius 3 is 2.59 bits per heavy atom. The maximum atomic E-state index is 14.1. The van der Waals surface area contributed by atoms with E-state index >= 15 is 0 Å². The number of piperidine rings is 2. The van der Waals surface area contributed by atoms with Gasteiger partial charge in [-0.3, -0.25) is 33.5 Å². The van der Waals surface area contributed by atoms with Crippen LogP contribution in [0.4, 0.5) is 20.2 Å². The molecule has 2 N–H and O–H groups in total. The highest BCUT2D eigenvalue weighted by Gasteiger charge is 2.37. The molecule has 3 aromatic rings. The zero-order chi connectivity index (χ0) is 37.7. The van der Waals surface area contributed by atoms with Crippen LogP contribution in [0.15, 0.2) is 70.5 Å². The van der Waals surface area contributed by atoms with Crippen LogP contribution in [0.3, 0.4) is 0 Å². The van der Waals surface area contributed by atoms with Crippen molar-refractivity contribution >= 4 is 40.1 Å². The Morgan fingerprint density at radius 2 is 1.85 bits per heavy atom. The van der Waals surface area contributed by atoms with Crippen LogP contribution in [0.1, 0.15) is 75.6 Å². The van der Waals surface area contributed by atoms with Gasteiger partial charge in [0, 0.05) is 51.4 Å². The number of halogens is 2. The number of carbonyl (C=O) groups is 3. The van der Waals surface area contributed by atoms with Gasteiger partial charge in [-0.15, -0.1) is 0 Å². The van der Waals surface area contributed by atoms with Crippen LogP contribution in [0.5, 0.6) is 0 Å². The van der Waals surface area contributed by atoms with E-state index in [2.05, 4.69) is 37.7 Å². The number of para-hydroxylation sites is 1. The molecule has 2 aromatic heterocycles. The van der Waals surface area contributed by atoms with Gasteiger partial charge in [0.25, 0.3) is 12.3 Å². The summed E-state index contributed by atoms with van der Waals surface area (Å²) in [5.41, 5.74) is 2.16. The van der Waals surface area contributed by atoms with E-state index in [1.54, 1.807) is 33.4 Å². The number of hydrogen-bond donors (Lipinski definition) is 2. The van der Waals surface area contributed by atoms with Crippen molar-refractivity contribution in [3.05, 3.63) is 76.8 Å². The highest BCUT2D eigenvalue weighted by Crippen LogP contribution is 2.37. The van der Waals surface area contributed by atoms with Gasteiger partial charge in [-0.05, 0) is 81.2 Å². The third-order valence-corrected chi connectivity index (χ3v) is 11.8. The summed E-state index contributed by atoms with van der Waals surface area (Å²) in [5.74, 6) is -0.758. The molecule has 54 heavy (non-hydrogen) atoms. The number of anilines is 2. The molecule has 1 saturated carbocycles. The quantitative estimate of drug-likeness (QED) is 0.242. The molecule has 284 valence electrons. The van der Waals surface area contributed by atoms with Gasteiger partial charge in [-0.25, -0.2) is 13.6 Å². The summed E-state index contributed by atoms with van der Waals surface area (Å²) in [6, 6.07) is 5.11. The first-order chi connectivity index (χ1) is 26.1. The number of alkyl halides is 2. The Labute approximate surface area is 310 Å². The van der Waals surface area contributed by atoms with Gasteiger partial charge in [0.15, 0.2) is 11.9 Å². The van der Waals surface area contributed by atoms with Gasteiger partial charge >= 0.3 is 5.69 Å². The number of azo groups is 2. The molecule has 14 nitrogen and oxygen atoms in total. The van der Waals surface area contributed by atoms with Gasteiger partial charge in [-0.2, -0.15) is 5.10 Å². The molecule has 0 radical (unpaired) electrons. The second-order valence-electron chi connectivity index (χ2n) is 15.1. The smallest absolute Gasteiger partial charge is 0.329 e. The maximum Gasteiger partial charge on any atom is 0.329 e. The highest BCUT2D eigenvalue weighted by atomic mass is 19.3. The second-order valence-corrected chi connectivity index (χ2v) is 15.1. The first-order valence-electron chi connectivity index (χ1n) is 18.8. The van der Waals surface area contributed by atoms with Crippen LogP contribution >= 0.6 is 0 Å². The second kappa shape index (κ2) is 14.5. The van der Waals surface area contributed by atoms with E-state index in [-0.39, 0.29) is 35.8 Å². The third kappa shape index (κ3) is 6.60. The number of imide groups is 1. The number of rotatable bonds is 9. The van der Waals surface area contributed by atoms with Crippen LogP contribution in [-0.4, -0.2) is 85.0 Å². The number of benzene rings is 1. The zero-order valence-corrected chi connectivity index (χ0v) is 30.4. The number of imidazole rings is 1. The Bertz CT molecular complexity index is 2160. The number of carbonyl (C=O) groups excluding carboxylic acids is 3. The predicted octanol–water partition coefficient (Wildman–Crippen LogP) is 4.54. The average molecular weight is 744 g/mol. The normalized spacial score (nSPS) is 24.7. The van der Waals surface area contributed by atoms with Crippen molar-refractivity contribution in [1.29, 1.82) is 0 Å². The fourth-order valence-corrected chi connectivity index (χ4v) is 8.89. The van der Waals surface area contributed by atoms with Crippen LogP contribution < -0.4 is 21.2 Å². The van der Waals surface area contributed by atoms with Gasteiger partial charge in [0.1, 0.15) is 17.8 Å². The summed E-state index contributed by atoms with van der Waals surface area (Å²) in [6.45, 7) is 2.59. The van der Waals surface area contributed by atoms with Gasteiger partial charge in [0.2, 0.25) is 17.9 Å². The molecule has 6 heterocycles. The van der Waals surface area contributed by atoms with Crippen LogP contribution in [0.25, 0.3) is 11.0 Å². The number of hydrogen-bond acceptors (Lipinski definition) is 8. The summed E-state index contributed by atoms with van der Waals surface area (Å²) in [5, 5.41) is 13.5. The molecule has 16 heteroatoms. The molecule has 3 amide bonds. The molecule has 0 spiro atoms. The number of aryl methyl sites for hydroxylation is 1. The Hall–Kier alpha value is -5.25. The lowest BCUT2D eigenvalue weighted by molar-refractivity contribution is -0.536. The SMILES string of the molecule is CN(CC1CCC(n2cc(NC(=O)C3=CN=[N+]4C=CC=CC34)c(C(F)F)n2)CC1)C1CCN(c2cccc3c2n(C)c(=O)n3C2CCC(=O)NC2=O)CC1. The first-order valence-corrected chi connectivity index (χ1v) is 18.8. The average Bonchev–Trinajstić information content (AvgIpc) is 3.87. The molecule has 4 aliphatic heterocycles. The van der Waals surface area contributed by atoms with E-state index in [0.29, 0.717) is 29.5 Å². The summed E-state index contributed by atoms with van der Waals surface area (Å²) in [7, 11) is 3.91.